The summed E-state index contributed by atoms with van der Waals surface area (Å²) >= 11 is 12.3. The fourth-order valence-corrected chi connectivity index (χ4v) is 5.00. The molecule has 1 aromatic heterocycles. The van der Waals surface area contributed by atoms with Gasteiger partial charge in [0.15, 0.2) is 0 Å². The van der Waals surface area contributed by atoms with Gasteiger partial charge in [-0.2, -0.15) is 0 Å². The van der Waals surface area contributed by atoms with Crippen LogP contribution in [-0.4, -0.2) is 44.1 Å². The van der Waals surface area contributed by atoms with Gasteiger partial charge in [-0.25, -0.2) is 13.1 Å². The first-order valence-electron chi connectivity index (χ1n) is 11.9. The number of ether oxygens (including phenoxy) is 1. The summed E-state index contributed by atoms with van der Waals surface area (Å²) in [5.74, 6) is -1.02. The Labute approximate surface area is 227 Å². The molecule has 8 nitrogen and oxygen atoms in total. The standard InChI is InChI=1S/C26H31Cl2N3O5S/c1-15(2)25(32)29-9-11-37(34,35)31-26(33)24-21(20-8-7-18(27)14-22(20)30-24)6-5-10-36-19-12-16(3)23(28)17(4)13-19/h7-8,12-15,30H,5-6,9-11H2,1-4H3,(H,29,32)(H,31,33). The second-order valence-corrected chi connectivity index (χ2v) is 11.8. The molecule has 11 heteroatoms. The third kappa shape index (κ3) is 7.63. The Bertz CT molecular complexity index is 1390. The van der Waals surface area contributed by atoms with Crippen molar-refractivity contribution in [3.8, 4) is 5.75 Å². The van der Waals surface area contributed by atoms with Gasteiger partial charge in [-0.1, -0.05) is 43.1 Å². The summed E-state index contributed by atoms with van der Waals surface area (Å²) in [6.45, 7) is 7.52. The van der Waals surface area contributed by atoms with Crippen LogP contribution < -0.4 is 14.8 Å². The van der Waals surface area contributed by atoms with Crippen LogP contribution in [0.2, 0.25) is 10.0 Å². The molecule has 0 aliphatic carbocycles. The lowest BCUT2D eigenvalue weighted by atomic mass is 10.1. The van der Waals surface area contributed by atoms with Crippen molar-refractivity contribution in [2.75, 3.05) is 18.9 Å². The van der Waals surface area contributed by atoms with Gasteiger partial charge >= 0.3 is 0 Å². The number of aromatic amines is 1. The zero-order chi connectivity index (χ0) is 27.3. The molecule has 0 saturated carbocycles. The number of rotatable bonds is 11. The van der Waals surface area contributed by atoms with E-state index in [4.69, 9.17) is 27.9 Å². The SMILES string of the molecule is Cc1cc(OCCCc2c(C(=O)NS(=O)(=O)CCNC(=O)C(C)C)[nH]c3cc(Cl)ccc23)cc(C)c1Cl. The molecule has 0 unspecified atom stereocenters. The van der Waals surface area contributed by atoms with Crippen molar-refractivity contribution < 1.29 is 22.7 Å². The summed E-state index contributed by atoms with van der Waals surface area (Å²) in [5.41, 5.74) is 3.28. The van der Waals surface area contributed by atoms with Crippen LogP contribution >= 0.6 is 23.2 Å². The molecule has 0 fully saturated rings. The average Bonchev–Trinajstić information content (AvgIpc) is 3.17. The highest BCUT2D eigenvalue weighted by molar-refractivity contribution is 7.90. The third-order valence-corrected chi connectivity index (χ3v) is 7.86. The first-order chi connectivity index (χ1) is 17.4. The second kappa shape index (κ2) is 12.2. The first-order valence-corrected chi connectivity index (χ1v) is 14.3. The van der Waals surface area contributed by atoms with E-state index in [-0.39, 0.29) is 24.1 Å². The summed E-state index contributed by atoms with van der Waals surface area (Å²) < 4.78 is 33.0. The van der Waals surface area contributed by atoms with E-state index in [9.17, 15) is 18.0 Å². The van der Waals surface area contributed by atoms with Crippen molar-refractivity contribution in [2.24, 2.45) is 5.92 Å². The second-order valence-electron chi connectivity index (χ2n) is 9.19. The van der Waals surface area contributed by atoms with E-state index in [1.807, 2.05) is 26.0 Å². The van der Waals surface area contributed by atoms with Crippen LogP contribution in [0.15, 0.2) is 30.3 Å². The lowest BCUT2D eigenvalue weighted by Gasteiger charge is -2.11. The van der Waals surface area contributed by atoms with Crippen molar-refractivity contribution in [3.63, 3.8) is 0 Å². The molecular weight excluding hydrogens is 537 g/mol. The maximum absolute atomic E-state index is 13.0. The Kier molecular flexibility index (Phi) is 9.50. The number of carbonyl (C=O) groups excluding carboxylic acids is 2. The van der Waals surface area contributed by atoms with E-state index in [2.05, 4.69) is 15.0 Å². The maximum atomic E-state index is 13.0. The summed E-state index contributed by atoms with van der Waals surface area (Å²) in [4.78, 5) is 27.7. The quantitative estimate of drug-likeness (QED) is 0.284. The zero-order valence-corrected chi connectivity index (χ0v) is 23.5. The minimum Gasteiger partial charge on any atom is -0.494 e. The van der Waals surface area contributed by atoms with Gasteiger partial charge in [0.2, 0.25) is 15.9 Å². The Morgan fingerprint density at radius 2 is 1.76 bits per heavy atom. The maximum Gasteiger partial charge on any atom is 0.281 e. The van der Waals surface area contributed by atoms with Crippen LogP contribution in [0.1, 0.15) is 47.4 Å². The molecule has 37 heavy (non-hydrogen) atoms. The molecule has 3 N–H and O–H groups in total. The van der Waals surface area contributed by atoms with Crippen LogP contribution in [0.4, 0.5) is 0 Å². The van der Waals surface area contributed by atoms with Gasteiger partial charge in [0.25, 0.3) is 5.91 Å². The Hall–Kier alpha value is -2.75. The van der Waals surface area contributed by atoms with Crippen LogP contribution in [0.25, 0.3) is 10.9 Å². The molecule has 1 heterocycles. The van der Waals surface area contributed by atoms with E-state index in [1.165, 1.54) is 0 Å². The topological polar surface area (TPSA) is 117 Å². The summed E-state index contributed by atoms with van der Waals surface area (Å²) in [7, 11) is -3.98. The van der Waals surface area contributed by atoms with Gasteiger partial charge in [-0.05, 0) is 67.6 Å². The third-order valence-electron chi connectivity index (χ3n) is 5.79. The molecule has 200 valence electrons. The minimum atomic E-state index is -3.98. The molecule has 0 radical (unpaired) electrons. The first kappa shape index (κ1) is 28.8. The molecular formula is C26H31Cl2N3O5S. The number of carbonyl (C=O) groups is 2. The van der Waals surface area contributed by atoms with E-state index in [1.54, 1.807) is 32.0 Å². The van der Waals surface area contributed by atoms with Crippen LogP contribution in [0.3, 0.4) is 0 Å². The van der Waals surface area contributed by atoms with Crippen molar-refractivity contribution in [1.82, 2.24) is 15.0 Å². The predicted molar refractivity (Wildman–Crippen MR) is 147 cm³/mol. The Morgan fingerprint density at radius 1 is 1.08 bits per heavy atom. The fraction of sp³-hybridized carbons (Fsp3) is 0.385. The van der Waals surface area contributed by atoms with Crippen molar-refractivity contribution in [1.29, 1.82) is 0 Å². The molecule has 0 bridgehead atoms. The lowest BCUT2D eigenvalue weighted by Crippen LogP contribution is -2.38. The average molecular weight is 569 g/mol. The van der Waals surface area contributed by atoms with E-state index in [0.717, 1.165) is 16.5 Å². The summed E-state index contributed by atoms with van der Waals surface area (Å²) in [6.07, 6.45) is 1.03. The lowest BCUT2D eigenvalue weighted by molar-refractivity contribution is -0.123. The molecule has 3 aromatic rings. The molecule has 0 aliphatic rings. The number of H-pyrrole nitrogens is 1. The summed E-state index contributed by atoms with van der Waals surface area (Å²) in [5, 5.41) is 4.50. The smallest absolute Gasteiger partial charge is 0.281 e. The van der Waals surface area contributed by atoms with Gasteiger partial charge in [0, 0.05) is 33.4 Å². The van der Waals surface area contributed by atoms with Gasteiger partial charge in [-0.3, -0.25) is 9.59 Å². The van der Waals surface area contributed by atoms with Gasteiger partial charge in [0.05, 0.1) is 12.4 Å². The number of benzene rings is 2. The van der Waals surface area contributed by atoms with Crippen molar-refractivity contribution in [3.05, 3.63) is 62.8 Å². The van der Waals surface area contributed by atoms with Crippen LogP contribution in [0.5, 0.6) is 5.75 Å². The zero-order valence-electron chi connectivity index (χ0n) is 21.2. The van der Waals surface area contributed by atoms with Crippen molar-refractivity contribution >= 4 is 55.9 Å². The summed E-state index contributed by atoms with van der Waals surface area (Å²) in [6, 6.07) is 8.94. The highest BCUT2D eigenvalue weighted by Crippen LogP contribution is 2.28. The number of hydrogen-bond donors (Lipinski definition) is 3. The number of hydrogen-bond acceptors (Lipinski definition) is 5. The number of aryl methyl sites for hydroxylation is 3. The number of amides is 2. The number of aromatic nitrogens is 1. The largest absolute Gasteiger partial charge is 0.494 e. The normalized spacial score (nSPS) is 11.6. The van der Waals surface area contributed by atoms with Gasteiger partial charge in [-0.15, -0.1) is 0 Å². The monoisotopic (exact) mass is 567 g/mol. The minimum absolute atomic E-state index is 0.101. The van der Waals surface area contributed by atoms with Gasteiger partial charge < -0.3 is 15.0 Å². The Balaban J connectivity index is 1.72. The number of sulfonamides is 1. The highest BCUT2D eigenvalue weighted by Gasteiger charge is 2.22. The van der Waals surface area contributed by atoms with E-state index < -0.39 is 21.7 Å². The van der Waals surface area contributed by atoms with Crippen LogP contribution in [-0.2, 0) is 21.2 Å². The van der Waals surface area contributed by atoms with Crippen LogP contribution in [0, 0.1) is 19.8 Å². The van der Waals surface area contributed by atoms with E-state index >= 15 is 0 Å². The fourth-order valence-electron chi connectivity index (χ4n) is 3.87. The number of halogens is 2. The molecule has 0 atom stereocenters. The Morgan fingerprint density at radius 3 is 2.41 bits per heavy atom. The molecule has 0 spiro atoms. The molecule has 0 aliphatic heterocycles. The number of nitrogens with one attached hydrogen (secondary N) is 3. The van der Waals surface area contributed by atoms with Gasteiger partial charge in [0.1, 0.15) is 11.4 Å². The van der Waals surface area contributed by atoms with E-state index in [0.29, 0.717) is 46.3 Å². The van der Waals surface area contributed by atoms with Crippen molar-refractivity contribution in [2.45, 2.75) is 40.5 Å². The predicted octanol–water partition coefficient (Wildman–Crippen LogP) is 4.93. The molecule has 2 amide bonds. The molecule has 2 aromatic carbocycles. The highest BCUT2D eigenvalue weighted by atomic mass is 35.5. The number of fused-ring (bicyclic) bond motifs is 1. The molecule has 0 saturated heterocycles. The molecule has 3 rings (SSSR count).